The van der Waals surface area contributed by atoms with Crippen LogP contribution in [0.2, 0.25) is 18.1 Å². The van der Waals surface area contributed by atoms with Crippen LogP contribution in [0.3, 0.4) is 0 Å². The maximum atomic E-state index is 12.4. The fourth-order valence-electron chi connectivity index (χ4n) is 5.62. The van der Waals surface area contributed by atoms with Crippen molar-refractivity contribution in [3.05, 3.63) is 35.4 Å². The average molecular weight is 393 g/mol. The number of halogens is 2. The lowest BCUT2D eigenvalue weighted by Gasteiger charge is -2.37. The predicted octanol–water partition coefficient (Wildman–Crippen LogP) is 7.25. The van der Waals surface area contributed by atoms with E-state index in [2.05, 4.69) is 24.3 Å². The summed E-state index contributed by atoms with van der Waals surface area (Å²) in [5, 5.41) is 0. The summed E-state index contributed by atoms with van der Waals surface area (Å²) in [5.74, 6) is 2.67. The van der Waals surface area contributed by atoms with Crippen LogP contribution in [0.25, 0.3) is 0 Å². The van der Waals surface area contributed by atoms with Crippen molar-refractivity contribution in [3.63, 3.8) is 0 Å². The first kappa shape index (κ1) is 21.0. The van der Waals surface area contributed by atoms with Gasteiger partial charge in [0.2, 0.25) is 0 Å². The van der Waals surface area contributed by atoms with Crippen LogP contribution in [0.1, 0.15) is 74.8 Å². The minimum Gasteiger partial charge on any atom is -0.251 e. The van der Waals surface area contributed by atoms with E-state index in [0.717, 1.165) is 37.0 Å². The molecule has 1 aromatic rings. The molecule has 1 saturated heterocycles. The van der Waals surface area contributed by atoms with Crippen molar-refractivity contribution in [1.29, 1.82) is 0 Å². The molecule has 0 amide bonds. The van der Waals surface area contributed by atoms with Crippen molar-refractivity contribution in [3.8, 4) is 0 Å². The molecule has 2 aliphatic rings. The lowest BCUT2D eigenvalue weighted by atomic mass is 9.72. The van der Waals surface area contributed by atoms with Gasteiger partial charge in [0.25, 0.3) is 0 Å². The molecule has 0 bridgehead atoms. The summed E-state index contributed by atoms with van der Waals surface area (Å²) in [6, 6.07) is 13.4. The minimum atomic E-state index is -0.575. The van der Waals surface area contributed by atoms with Crippen molar-refractivity contribution in [2.24, 2.45) is 11.8 Å². The summed E-state index contributed by atoms with van der Waals surface area (Å²) in [4.78, 5) is 0. The smallest absolute Gasteiger partial charge is 0.0894 e. The Bertz CT molecular complexity index is 514. The molecule has 0 radical (unpaired) electrons. The SMILES string of the molecule is FCCCCc1ccc(C2CCC([C@H]3CC[Si@H](CCCF)CC3)CC2)cc1. The van der Waals surface area contributed by atoms with E-state index in [1.165, 1.54) is 67.8 Å². The lowest BCUT2D eigenvalue weighted by molar-refractivity contribution is 0.216. The van der Waals surface area contributed by atoms with E-state index >= 15 is 0 Å². The molecule has 0 spiro atoms. The first-order valence-corrected chi connectivity index (χ1v) is 14.0. The quantitative estimate of drug-likeness (QED) is 0.307. The van der Waals surface area contributed by atoms with E-state index in [1.807, 2.05) is 0 Å². The Morgan fingerprint density at radius 1 is 0.741 bits per heavy atom. The molecule has 3 heteroatoms. The maximum Gasteiger partial charge on any atom is 0.0894 e. The third kappa shape index (κ3) is 6.41. The molecule has 3 rings (SSSR count). The highest BCUT2D eigenvalue weighted by Crippen LogP contribution is 2.43. The van der Waals surface area contributed by atoms with E-state index in [-0.39, 0.29) is 13.3 Å². The second kappa shape index (κ2) is 11.3. The molecule has 0 nitrogen and oxygen atoms in total. The molecule has 0 aromatic heterocycles. The van der Waals surface area contributed by atoms with Crippen molar-refractivity contribution >= 4 is 8.80 Å². The van der Waals surface area contributed by atoms with Gasteiger partial charge in [0.05, 0.1) is 13.3 Å². The summed E-state index contributed by atoms with van der Waals surface area (Å²) in [7, 11) is -0.575. The zero-order valence-electron chi connectivity index (χ0n) is 17.0. The molecule has 1 aliphatic heterocycles. The molecule has 1 aliphatic carbocycles. The third-order valence-electron chi connectivity index (χ3n) is 7.38. The summed E-state index contributed by atoms with van der Waals surface area (Å²) in [6.45, 7) is -0.293. The summed E-state index contributed by atoms with van der Waals surface area (Å²) in [6.07, 6.45) is 11.9. The summed E-state index contributed by atoms with van der Waals surface area (Å²) in [5.41, 5.74) is 2.87. The van der Waals surface area contributed by atoms with Gasteiger partial charge in [-0.15, -0.1) is 0 Å². The molecule has 0 atom stereocenters. The van der Waals surface area contributed by atoms with Crippen LogP contribution in [0.15, 0.2) is 24.3 Å². The Hall–Kier alpha value is -0.703. The number of unbranched alkanes of at least 4 members (excludes halogenated alkanes) is 1. The molecule has 1 saturated carbocycles. The van der Waals surface area contributed by atoms with Crippen molar-refractivity contribution in [2.75, 3.05) is 13.3 Å². The summed E-state index contributed by atoms with van der Waals surface area (Å²) < 4.78 is 24.6. The van der Waals surface area contributed by atoms with Crippen LogP contribution in [0.4, 0.5) is 8.78 Å². The van der Waals surface area contributed by atoms with Gasteiger partial charge >= 0.3 is 0 Å². The second-order valence-corrected chi connectivity index (χ2v) is 12.6. The molecule has 0 unspecified atom stereocenters. The molecule has 1 aromatic carbocycles. The van der Waals surface area contributed by atoms with Crippen molar-refractivity contribution in [2.45, 2.75) is 88.3 Å². The van der Waals surface area contributed by atoms with Gasteiger partial charge < -0.3 is 0 Å². The lowest BCUT2D eigenvalue weighted by Crippen LogP contribution is -2.28. The average Bonchev–Trinajstić information content (AvgIpc) is 2.73. The topological polar surface area (TPSA) is 0 Å². The summed E-state index contributed by atoms with van der Waals surface area (Å²) >= 11 is 0. The van der Waals surface area contributed by atoms with Crippen LogP contribution in [-0.4, -0.2) is 22.1 Å². The van der Waals surface area contributed by atoms with Crippen molar-refractivity contribution < 1.29 is 8.78 Å². The van der Waals surface area contributed by atoms with E-state index in [0.29, 0.717) is 6.42 Å². The Kier molecular flexibility index (Phi) is 8.82. The standard InChI is InChI=1S/C24H38F2Si/c25-15-2-1-4-20-5-7-21(8-6-20)22-9-11-23(12-10-22)24-13-18-27(19-14-24)17-3-16-26/h5-8,22-24,27H,1-4,9-19H2/t22?,23?,24-,27-. The van der Waals surface area contributed by atoms with Gasteiger partial charge in [0.1, 0.15) is 0 Å². The molecule has 27 heavy (non-hydrogen) atoms. The Labute approximate surface area is 166 Å². The van der Waals surface area contributed by atoms with E-state index in [4.69, 9.17) is 0 Å². The van der Waals surface area contributed by atoms with Gasteiger partial charge in [-0.25, -0.2) is 0 Å². The highest BCUT2D eigenvalue weighted by molar-refractivity contribution is 6.58. The van der Waals surface area contributed by atoms with Gasteiger partial charge in [0, 0.05) is 8.80 Å². The maximum absolute atomic E-state index is 12.4. The van der Waals surface area contributed by atoms with E-state index in [1.54, 1.807) is 0 Å². The van der Waals surface area contributed by atoms with Crippen LogP contribution in [-0.2, 0) is 6.42 Å². The molecular weight excluding hydrogens is 354 g/mol. The number of aryl methyl sites for hydroxylation is 1. The first-order chi connectivity index (χ1) is 13.3. The van der Waals surface area contributed by atoms with Gasteiger partial charge in [0.15, 0.2) is 0 Å². The van der Waals surface area contributed by atoms with Crippen LogP contribution in [0, 0.1) is 11.8 Å². The number of hydrogen-bond acceptors (Lipinski definition) is 0. The number of benzene rings is 1. The Morgan fingerprint density at radius 3 is 2.00 bits per heavy atom. The first-order valence-electron chi connectivity index (χ1n) is 11.5. The highest BCUT2D eigenvalue weighted by atomic mass is 28.3. The Balaban J connectivity index is 1.40. The fourth-order valence-corrected chi connectivity index (χ4v) is 9.01. The monoisotopic (exact) mass is 392 g/mol. The van der Waals surface area contributed by atoms with Crippen molar-refractivity contribution in [1.82, 2.24) is 0 Å². The molecular formula is C24H38F2Si. The molecule has 152 valence electrons. The Morgan fingerprint density at radius 2 is 1.37 bits per heavy atom. The second-order valence-electron chi connectivity index (χ2n) is 9.11. The van der Waals surface area contributed by atoms with E-state index < -0.39 is 8.80 Å². The zero-order chi connectivity index (χ0) is 18.9. The molecule has 1 heterocycles. The van der Waals surface area contributed by atoms with Gasteiger partial charge in [-0.05, 0) is 80.2 Å². The van der Waals surface area contributed by atoms with Gasteiger partial charge in [-0.1, -0.05) is 55.2 Å². The molecule has 2 fully saturated rings. The van der Waals surface area contributed by atoms with Gasteiger partial charge in [-0.2, -0.15) is 0 Å². The predicted molar refractivity (Wildman–Crippen MR) is 115 cm³/mol. The zero-order valence-corrected chi connectivity index (χ0v) is 18.1. The van der Waals surface area contributed by atoms with Crippen LogP contribution >= 0.6 is 0 Å². The largest absolute Gasteiger partial charge is 0.251 e. The highest BCUT2D eigenvalue weighted by Gasteiger charge is 2.31. The minimum absolute atomic E-state index is 0.102. The number of rotatable bonds is 9. The van der Waals surface area contributed by atoms with Crippen LogP contribution < -0.4 is 0 Å². The number of hydrogen-bond donors (Lipinski definition) is 0. The number of alkyl halides is 2. The third-order valence-corrected chi connectivity index (χ3v) is 10.9. The normalized spacial score (nSPS) is 29.0. The van der Waals surface area contributed by atoms with E-state index in [9.17, 15) is 8.78 Å². The van der Waals surface area contributed by atoms with Crippen LogP contribution in [0.5, 0.6) is 0 Å². The molecule has 0 N–H and O–H groups in total. The van der Waals surface area contributed by atoms with Gasteiger partial charge in [-0.3, -0.25) is 8.78 Å². The fraction of sp³-hybridized carbons (Fsp3) is 0.750.